The summed E-state index contributed by atoms with van der Waals surface area (Å²) in [6.45, 7) is 1.07. The Hall–Kier alpha value is -1.69. The highest BCUT2D eigenvalue weighted by Gasteiger charge is 2.22. The molecule has 1 fully saturated rings. The first-order valence-corrected chi connectivity index (χ1v) is 6.10. The molecule has 0 atom stereocenters. The number of amides is 1. The van der Waals surface area contributed by atoms with Gasteiger partial charge in [0.2, 0.25) is 0 Å². The molecular formula is C11H15ClN4O2. The number of nitrogens with one attached hydrogen (secondary N) is 1. The molecule has 1 aliphatic rings. The molecule has 0 radical (unpaired) electrons. The molecule has 6 nitrogen and oxygen atoms in total. The van der Waals surface area contributed by atoms with E-state index in [-0.39, 0.29) is 11.2 Å². The van der Waals surface area contributed by atoms with Gasteiger partial charge < -0.3 is 21.1 Å². The topological polar surface area (TPSA) is 91.5 Å². The number of carbonyl (C=O) groups is 1. The maximum Gasteiger partial charge on any atom is 0.407 e. The molecule has 4 N–H and O–H groups in total. The number of nitrogens with zero attached hydrogens (tertiary/aromatic N) is 2. The van der Waals surface area contributed by atoms with Gasteiger partial charge in [-0.05, 0) is 18.9 Å². The molecule has 0 spiro atoms. The van der Waals surface area contributed by atoms with Crippen LogP contribution in [0.2, 0.25) is 5.15 Å². The van der Waals surface area contributed by atoms with E-state index in [9.17, 15) is 4.79 Å². The van der Waals surface area contributed by atoms with Crippen molar-refractivity contribution in [1.29, 1.82) is 0 Å². The van der Waals surface area contributed by atoms with Crippen LogP contribution in [0.5, 0.6) is 0 Å². The number of piperidine rings is 1. The van der Waals surface area contributed by atoms with Crippen molar-refractivity contribution < 1.29 is 9.90 Å². The lowest BCUT2D eigenvalue weighted by Gasteiger charge is -2.31. The number of halogens is 1. The van der Waals surface area contributed by atoms with Gasteiger partial charge in [0.15, 0.2) is 5.15 Å². The summed E-state index contributed by atoms with van der Waals surface area (Å²) in [6, 6.07) is 1.98. The Morgan fingerprint density at radius 3 is 2.83 bits per heavy atom. The molecule has 0 aliphatic carbocycles. The first kappa shape index (κ1) is 12.8. The van der Waals surface area contributed by atoms with E-state index in [4.69, 9.17) is 22.4 Å². The molecule has 2 heterocycles. The third-order valence-corrected chi connectivity index (χ3v) is 3.37. The average molecular weight is 271 g/mol. The van der Waals surface area contributed by atoms with Crippen LogP contribution in [0.25, 0.3) is 0 Å². The lowest BCUT2D eigenvalue weighted by molar-refractivity contribution is 0.134. The Bertz CT molecular complexity index is 447. The van der Waals surface area contributed by atoms with E-state index in [1.54, 1.807) is 12.3 Å². The second-order valence-electron chi connectivity index (χ2n) is 4.25. The number of nitrogens with two attached hydrogens (primary N) is 1. The molecule has 0 unspecified atom stereocenters. The van der Waals surface area contributed by atoms with Gasteiger partial charge in [-0.1, -0.05) is 11.6 Å². The van der Waals surface area contributed by atoms with Crippen molar-refractivity contribution in [1.82, 2.24) is 9.88 Å². The van der Waals surface area contributed by atoms with Crippen LogP contribution in [0.3, 0.4) is 0 Å². The molecule has 0 saturated carbocycles. The molecule has 2 rings (SSSR count). The van der Waals surface area contributed by atoms with Crippen LogP contribution >= 0.6 is 11.6 Å². The Kier molecular flexibility index (Phi) is 3.76. The zero-order chi connectivity index (χ0) is 13.1. The third-order valence-electron chi connectivity index (χ3n) is 3.07. The van der Waals surface area contributed by atoms with E-state index in [1.165, 1.54) is 4.90 Å². The number of rotatable bonds is 2. The second-order valence-corrected chi connectivity index (χ2v) is 4.61. The largest absolute Gasteiger partial charge is 0.465 e. The summed E-state index contributed by atoms with van der Waals surface area (Å²) in [5.41, 5.74) is 7.00. The fraction of sp³-hybridized carbons (Fsp3) is 0.455. The SMILES string of the molecule is Nc1c(NC2CCN(C(=O)O)CC2)ccnc1Cl. The van der Waals surface area contributed by atoms with Crippen molar-refractivity contribution in [3.05, 3.63) is 17.4 Å². The summed E-state index contributed by atoms with van der Waals surface area (Å²) in [5, 5.41) is 12.4. The summed E-state index contributed by atoms with van der Waals surface area (Å²) in [5.74, 6) is 0. The minimum Gasteiger partial charge on any atom is -0.465 e. The summed E-state index contributed by atoms with van der Waals surface area (Å²) in [7, 11) is 0. The summed E-state index contributed by atoms with van der Waals surface area (Å²) in [4.78, 5) is 16.1. The summed E-state index contributed by atoms with van der Waals surface area (Å²) < 4.78 is 0. The zero-order valence-electron chi connectivity index (χ0n) is 9.77. The summed E-state index contributed by atoms with van der Waals surface area (Å²) >= 11 is 5.83. The van der Waals surface area contributed by atoms with E-state index in [2.05, 4.69) is 10.3 Å². The van der Waals surface area contributed by atoms with Gasteiger partial charge in [-0.2, -0.15) is 0 Å². The molecular weight excluding hydrogens is 256 g/mol. The maximum absolute atomic E-state index is 10.8. The lowest BCUT2D eigenvalue weighted by atomic mass is 10.1. The van der Waals surface area contributed by atoms with E-state index in [0.29, 0.717) is 18.8 Å². The number of anilines is 2. The predicted molar refractivity (Wildman–Crippen MR) is 69.9 cm³/mol. The summed E-state index contributed by atoms with van der Waals surface area (Å²) in [6.07, 6.45) is 2.24. The van der Waals surface area contributed by atoms with Crippen LogP contribution in [0.15, 0.2) is 12.3 Å². The molecule has 7 heteroatoms. The quantitative estimate of drug-likeness (QED) is 0.714. The Labute approximate surface area is 110 Å². The Balaban J connectivity index is 1.96. The van der Waals surface area contributed by atoms with Gasteiger partial charge in [0.1, 0.15) is 0 Å². The number of carboxylic acid groups (broad SMARTS) is 1. The first-order valence-electron chi connectivity index (χ1n) is 5.72. The second kappa shape index (κ2) is 5.30. The Morgan fingerprint density at radius 1 is 1.56 bits per heavy atom. The minimum atomic E-state index is -0.861. The van der Waals surface area contributed by atoms with Gasteiger partial charge >= 0.3 is 6.09 Å². The van der Waals surface area contributed by atoms with E-state index in [1.807, 2.05) is 0 Å². The number of hydrogen-bond donors (Lipinski definition) is 3. The predicted octanol–water partition coefficient (Wildman–Crippen LogP) is 1.87. The highest BCUT2D eigenvalue weighted by molar-refractivity contribution is 6.32. The number of nitrogen functional groups attached to an aromatic ring is 1. The van der Waals surface area contributed by atoms with Crippen molar-refractivity contribution in [2.45, 2.75) is 18.9 Å². The van der Waals surface area contributed by atoms with Gasteiger partial charge in [-0.15, -0.1) is 0 Å². The van der Waals surface area contributed by atoms with Crippen molar-refractivity contribution >= 4 is 29.1 Å². The van der Waals surface area contributed by atoms with Crippen LogP contribution in [-0.4, -0.2) is 40.2 Å². The van der Waals surface area contributed by atoms with Gasteiger partial charge in [0.05, 0.1) is 11.4 Å². The van der Waals surface area contributed by atoms with Crippen molar-refractivity contribution in [3.63, 3.8) is 0 Å². The molecule has 1 aliphatic heterocycles. The normalized spacial score (nSPS) is 16.6. The minimum absolute atomic E-state index is 0.210. The van der Waals surface area contributed by atoms with Gasteiger partial charge in [0.25, 0.3) is 0 Å². The van der Waals surface area contributed by atoms with Gasteiger partial charge in [0, 0.05) is 25.3 Å². The van der Waals surface area contributed by atoms with E-state index >= 15 is 0 Å². The highest BCUT2D eigenvalue weighted by atomic mass is 35.5. The molecule has 1 aromatic heterocycles. The Morgan fingerprint density at radius 2 is 2.22 bits per heavy atom. The van der Waals surface area contributed by atoms with Crippen molar-refractivity contribution in [2.75, 3.05) is 24.1 Å². The van der Waals surface area contributed by atoms with E-state index < -0.39 is 6.09 Å². The standard InChI is InChI=1S/C11H15ClN4O2/c12-10-9(13)8(1-4-14-10)15-7-2-5-16(6-3-7)11(17)18/h1,4,7H,2-3,5-6,13H2,(H,14,15)(H,17,18). The monoisotopic (exact) mass is 270 g/mol. The molecule has 98 valence electrons. The number of pyridine rings is 1. The smallest absolute Gasteiger partial charge is 0.407 e. The van der Waals surface area contributed by atoms with Gasteiger partial charge in [-0.3, -0.25) is 0 Å². The molecule has 1 saturated heterocycles. The lowest BCUT2D eigenvalue weighted by Crippen LogP contribution is -2.41. The molecule has 0 bridgehead atoms. The molecule has 0 aromatic carbocycles. The number of aromatic nitrogens is 1. The molecule has 18 heavy (non-hydrogen) atoms. The van der Waals surface area contributed by atoms with Crippen LogP contribution < -0.4 is 11.1 Å². The molecule has 1 aromatic rings. The maximum atomic E-state index is 10.8. The van der Waals surface area contributed by atoms with Crippen LogP contribution in [-0.2, 0) is 0 Å². The highest BCUT2D eigenvalue weighted by Crippen LogP contribution is 2.26. The average Bonchev–Trinajstić information content (AvgIpc) is 2.36. The van der Waals surface area contributed by atoms with Crippen LogP contribution in [0.1, 0.15) is 12.8 Å². The number of hydrogen-bond acceptors (Lipinski definition) is 4. The fourth-order valence-electron chi connectivity index (χ4n) is 2.01. The van der Waals surface area contributed by atoms with Crippen LogP contribution in [0.4, 0.5) is 16.2 Å². The first-order chi connectivity index (χ1) is 8.58. The third kappa shape index (κ3) is 2.76. The van der Waals surface area contributed by atoms with Gasteiger partial charge in [-0.25, -0.2) is 9.78 Å². The van der Waals surface area contributed by atoms with E-state index in [0.717, 1.165) is 18.5 Å². The fourth-order valence-corrected chi connectivity index (χ4v) is 2.17. The van der Waals surface area contributed by atoms with Crippen molar-refractivity contribution in [2.24, 2.45) is 0 Å². The van der Waals surface area contributed by atoms with Crippen LogP contribution in [0, 0.1) is 0 Å². The molecule has 1 amide bonds. The zero-order valence-corrected chi connectivity index (χ0v) is 10.5. The number of likely N-dealkylation sites (tertiary alicyclic amines) is 1. The van der Waals surface area contributed by atoms with Crippen molar-refractivity contribution in [3.8, 4) is 0 Å².